The zero-order chi connectivity index (χ0) is 7.56. The fraction of sp³-hybridized carbons (Fsp3) is 0. The van der Waals surface area contributed by atoms with Gasteiger partial charge in [-0.3, -0.25) is 0 Å². The van der Waals surface area contributed by atoms with Crippen molar-refractivity contribution in [3.8, 4) is 0 Å². The average molecular weight is 139 g/mol. The lowest BCUT2D eigenvalue weighted by molar-refractivity contribution is -0.389. The second kappa shape index (κ2) is 2.30. The van der Waals surface area contributed by atoms with E-state index < -0.39 is 4.92 Å². The molecule has 0 aliphatic heterocycles. The Kier molecular flexibility index (Phi) is 1.49. The predicted molar refractivity (Wildman–Crippen MR) is 35.3 cm³/mol. The second-order valence-electron chi connectivity index (χ2n) is 1.61. The van der Waals surface area contributed by atoms with Crippen molar-refractivity contribution in [3.05, 3.63) is 28.7 Å². The predicted octanol–water partition coefficient (Wildman–Crippen LogP) is 0.961. The first-order valence-electron chi connectivity index (χ1n) is 2.56. The summed E-state index contributed by atoms with van der Waals surface area (Å²) < 4.78 is 0. The van der Waals surface area contributed by atoms with E-state index in [9.17, 15) is 10.1 Å². The molecule has 0 radical (unpaired) electrons. The van der Waals surface area contributed by atoms with Gasteiger partial charge in [0.25, 0.3) is 0 Å². The fourth-order valence-electron chi connectivity index (χ4n) is 0.523. The molecule has 0 atom stereocenters. The molecule has 0 saturated carbocycles. The highest BCUT2D eigenvalue weighted by molar-refractivity contribution is 5.38. The molecule has 1 rings (SSSR count). The summed E-state index contributed by atoms with van der Waals surface area (Å²) in [7, 11) is 0. The van der Waals surface area contributed by atoms with Crippen LogP contribution < -0.4 is 0 Å². The van der Waals surface area contributed by atoms with Crippen LogP contribution in [-0.2, 0) is 0 Å². The average Bonchev–Trinajstić information content (AvgIpc) is 2.34. The Bertz CT molecular complexity index is 266. The maximum Gasteiger partial charge on any atom is 0.340 e. The number of nitrogens with one attached hydrogen (secondary N) is 1. The molecule has 0 aliphatic carbocycles. The molecule has 5 heteroatoms. The highest BCUT2D eigenvalue weighted by Crippen LogP contribution is 2.05. The van der Waals surface area contributed by atoms with Gasteiger partial charge in [-0.15, -0.1) is 0 Å². The van der Waals surface area contributed by atoms with Gasteiger partial charge in [0.05, 0.1) is 0 Å². The van der Waals surface area contributed by atoms with Gasteiger partial charge in [-0.1, -0.05) is 6.58 Å². The molecule has 0 amide bonds. The van der Waals surface area contributed by atoms with E-state index in [2.05, 4.69) is 16.5 Å². The number of H-pyrrole nitrogens is 1. The molecule has 0 spiro atoms. The van der Waals surface area contributed by atoms with E-state index in [1.807, 2.05) is 0 Å². The number of aromatic nitrogens is 2. The summed E-state index contributed by atoms with van der Waals surface area (Å²) in [6.45, 7) is 3.39. The third-order valence-corrected chi connectivity index (χ3v) is 0.972. The molecule has 1 heterocycles. The third kappa shape index (κ3) is 1.02. The molecule has 0 fully saturated rings. The van der Waals surface area contributed by atoms with E-state index in [1.165, 1.54) is 6.08 Å². The summed E-state index contributed by atoms with van der Waals surface area (Å²) in [4.78, 5) is 15.6. The molecule has 0 bridgehead atoms. The number of nitro groups is 1. The summed E-state index contributed by atoms with van der Waals surface area (Å²) >= 11 is 0. The van der Waals surface area contributed by atoms with Crippen LogP contribution in [0.3, 0.4) is 0 Å². The highest BCUT2D eigenvalue weighted by Gasteiger charge is 2.05. The number of hydrogen-bond acceptors (Lipinski definition) is 3. The van der Waals surface area contributed by atoms with Gasteiger partial charge in [0.1, 0.15) is 6.20 Å². The molecule has 0 unspecified atom stereocenters. The van der Waals surface area contributed by atoms with Gasteiger partial charge < -0.3 is 10.1 Å². The Morgan fingerprint density at radius 3 is 2.90 bits per heavy atom. The fourth-order valence-corrected chi connectivity index (χ4v) is 0.523. The van der Waals surface area contributed by atoms with Crippen LogP contribution in [0, 0.1) is 10.1 Å². The minimum Gasteiger partial charge on any atom is -0.358 e. The molecule has 0 aromatic carbocycles. The maximum atomic E-state index is 10.0. The molecule has 1 N–H and O–H groups in total. The van der Waals surface area contributed by atoms with Crippen molar-refractivity contribution in [2.24, 2.45) is 0 Å². The number of hydrogen-bond donors (Lipinski definition) is 1. The van der Waals surface area contributed by atoms with E-state index >= 15 is 0 Å². The summed E-state index contributed by atoms with van der Waals surface area (Å²) in [5.74, 6) is 0.293. The second-order valence-corrected chi connectivity index (χ2v) is 1.61. The van der Waals surface area contributed by atoms with Crippen LogP contribution in [0.25, 0.3) is 6.08 Å². The highest BCUT2D eigenvalue weighted by atomic mass is 16.6. The molecule has 0 aliphatic rings. The largest absolute Gasteiger partial charge is 0.358 e. The molecule has 52 valence electrons. The molecule has 5 nitrogen and oxygen atoms in total. The first kappa shape index (κ1) is 6.47. The van der Waals surface area contributed by atoms with Crippen molar-refractivity contribution in [3.63, 3.8) is 0 Å². The van der Waals surface area contributed by atoms with Gasteiger partial charge in [-0.25, -0.2) is 9.97 Å². The van der Waals surface area contributed by atoms with Crippen molar-refractivity contribution in [1.82, 2.24) is 9.97 Å². The number of rotatable bonds is 2. The van der Waals surface area contributed by atoms with Crippen LogP contribution in [0.1, 0.15) is 5.82 Å². The van der Waals surface area contributed by atoms with Crippen molar-refractivity contribution >= 4 is 11.9 Å². The molecule has 1 aromatic heterocycles. The Labute approximate surface area is 56.6 Å². The first-order chi connectivity index (χ1) is 4.74. The van der Waals surface area contributed by atoms with Crippen molar-refractivity contribution in [2.45, 2.75) is 0 Å². The van der Waals surface area contributed by atoms with Crippen LogP contribution in [0.4, 0.5) is 5.82 Å². The smallest absolute Gasteiger partial charge is 0.340 e. The Morgan fingerprint density at radius 1 is 1.90 bits per heavy atom. The van der Waals surface area contributed by atoms with E-state index in [1.54, 1.807) is 0 Å². The number of imidazole rings is 1. The lowest BCUT2D eigenvalue weighted by Crippen LogP contribution is -1.86. The Balaban J connectivity index is 2.98. The van der Waals surface area contributed by atoms with Gasteiger partial charge in [-0.05, 0) is 11.0 Å². The van der Waals surface area contributed by atoms with Crippen molar-refractivity contribution < 1.29 is 4.92 Å². The molecular formula is C5H5N3O2. The maximum absolute atomic E-state index is 10.0. The SMILES string of the molecule is C=Cc1ncc([N+](=O)[O-])[nH]1. The lowest BCUT2D eigenvalue weighted by Gasteiger charge is -1.84. The molecule has 1 aromatic rings. The van der Waals surface area contributed by atoms with Crippen LogP contribution >= 0.6 is 0 Å². The van der Waals surface area contributed by atoms with Gasteiger partial charge >= 0.3 is 5.82 Å². The Morgan fingerprint density at radius 2 is 2.60 bits per heavy atom. The Hall–Kier alpha value is -1.65. The molecule has 0 saturated heterocycles. The van der Waals surface area contributed by atoms with Gasteiger partial charge in [0.2, 0.25) is 5.82 Å². The van der Waals surface area contributed by atoms with E-state index in [4.69, 9.17) is 0 Å². The third-order valence-electron chi connectivity index (χ3n) is 0.972. The number of nitrogens with zero attached hydrogens (tertiary/aromatic N) is 2. The van der Waals surface area contributed by atoms with Crippen molar-refractivity contribution in [1.29, 1.82) is 0 Å². The minimum atomic E-state index is -0.542. The standard InChI is InChI=1S/C5H5N3O2/c1-2-4-6-3-5(7-4)8(9)10/h2-3H,1H2,(H,6,7). The first-order valence-corrected chi connectivity index (χ1v) is 2.56. The van der Waals surface area contributed by atoms with Crippen LogP contribution in [-0.4, -0.2) is 14.9 Å². The van der Waals surface area contributed by atoms with E-state index in [0.717, 1.165) is 6.20 Å². The summed E-state index contributed by atoms with van der Waals surface area (Å²) in [5, 5.41) is 10.0. The topological polar surface area (TPSA) is 71.8 Å². The lowest BCUT2D eigenvalue weighted by atomic mass is 10.6. The zero-order valence-corrected chi connectivity index (χ0v) is 5.07. The van der Waals surface area contributed by atoms with Gasteiger partial charge in [-0.2, -0.15) is 0 Å². The van der Waals surface area contributed by atoms with Crippen molar-refractivity contribution in [2.75, 3.05) is 0 Å². The van der Waals surface area contributed by atoms with Gasteiger partial charge in [0, 0.05) is 0 Å². The quantitative estimate of drug-likeness (QED) is 0.490. The van der Waals surface area contributed by atoms with Crippen LogP contribution in [0.15, 0.2) is 12.8 Å². The van der Waals surface area contributed by atoms with Crippen LogP contribution in [0.5, 0.6) is 0 Å². The molecular weight excluding hydrogens is 134 g/mol. The normalized spacial score (nSPS) is 9.20. The van der Waals surface area contributed by atoms with Crippen LogP contribution in [0.2, 0.25) is 0 Å². The summed E-state index contributed by atoms with van der Waals surface area (Å²) in [6.07, 6.45) is 2.56. The summed E-state index contributed by atoms with van der Waals surface area (Å²) in [6, 6.07) is 0. The minimum absolute atomic E-state index is 0.116. The van der Waals surface area contributed by atoms with Gasteiger partial charge in [0.15, 0.2) is 0 Å². The van der Waals surface area contributed by atoms with E-state index in [-0.39, 0.29) is 5.82 Å². The molecule has 10 heavy (non-hydrogen) atoms. The zero-order valence-electron chi connectivity index (χ0n) is 5.07. The summed E-state index contributed by atoms with van der Waals surface area (Å²) in [5.41, 5.74) is 0. The number of aromatic amines is 1. The van der Waals surface area contributed by atoms with E-state index in [0.29, 0.717) is 5.82 Å². The monoisotopic (exact) mass is 139 g/mol.